The van der Waals surface area contributed by atoms with Gasteiger partial charge in [-0.05, 0) is 12.8 Å². The van der Waals surface area contributed by atoms with Crippen LogP contribution in [0.25, 0.3) is 4.96 Å². The Kier molecular flexibility index (Phi) is 3.71. The second kappa shape index (κ2) is 4.83. The number of rotatable bonds is 4. The lowest BCUT2D eigenvalue weighted by Gasteiger charge is -2.07. The number of halogens is 1. The number of aryl methyl sites for hydroxylation is 1. The molecule has 2 heterocycles. The fourth-order valence-corrected chi connectivity index (χ4v) is 4.30. The monoisotopic (exact) mass is 306 g/mol. The molecule has 1 unspecified atom stereocenters. The Hall–Kier alpha value is -0.590. The van der Waals surface area contributed by atoms with Crippen LogP contribution >= 0.6 is 22.0 Å². The van der Waals surface area contributed by atoms with Gasteiger partial charge in [0.05, 0.1) is 5.69 Å². The zero-order valence-corrected chi connectivity index (χ0v) is 12.9. The Balaban J connectivity index is 2.84. The molecular formula is C11H15ClN2O2S2. The van der Waals surface area contributed by atoms with E-state index in [4.69, 9.17) is 10.7 Å². The molecule has 2 aromatic heterocycles. The largest absolute Gasteiger partial charge is 0.279 e. The molecule has 100 valence electrons. The molecule has 2 aromatic rings. The summed E-state index contributed by atoms with van der Waals surface area (Å²) in [5.41, 5.74) is 1.50. The molecule has 0 N–H and O–H groups in total. The molecule has 1 atom stereocenters. The molecule has 0 aliphatic heterocycles. The van der Waals surface area contributed by atoms with Gasteiger partial charge in [-0.25, -0.2) is 13.4 Å². The van der Waals surface area contributed by atoms with Gasteiger partial charge in [0.25, 0.3) is 9.05 Å². The topological polar surface area (TPSA) is 51.4 Å². The smallest absolute Gasteiger partial charge is 0.277 e. The Labute approximate surface area is 115 Å². The molecule has 2 rings (SSSR count). The number of aromatic nitrogens is 2. The van der Waals surface area contributed by atoms with Crippen molar-refractivity contribution >= 4 is 36.0 Å². The first kappa shape index (κ1) is 13.8. The number of hydrogen-bond acceptors (Lipinski definition) is 4. The zero-order chi connectivity index (χ0) is 13.5. The lowest BCUT2D eigenvalue weighted by atomic mass is 10.1. The summed E-state index contributed by atoms with van der Waals surface area (Å²) in [6.07, 6.45) is 1.57. The van der Waals surface area contributed by atoms with E-state index in [1.165, 1.54) is 11.3 Å². The number of imidazole rings is 1. The Morgan fingerprint density at radius 2 is 2.17 bits per heavy atom. The minimum atomic E-state index is -3.79. The summed E-state index contributed by atoms with van der Waals surface area (Å²) < 4.78 is 25.3. The average molecular weight is 307 g/mol. The molecule has 0 bridgehead atoms. The van der Waals surface area contributed by atoms with Crippen LogP contribution in [0.15, 0.2) is 10.4 Å². The Morgan fingerprint density at radius 1 is 1.50 bits per heavy atom. The van der Waals surface area contributed by atoms with Crippen molar-refractivity contribution < 1.29 is 8.42 Å². The molecule has 0 spiro atoms. The van der Waals surface area contributed by atoms with Crippen LogP contribution < -0.4 is 0 Å². The van der Waals surface area contributed by atoms with E-state index in [1.807, 2.05) is 26.2 Å². The lowest BCUT2D eigenvalue weighted by molar-refractivity contribution is 0.597. The summed E-state index contributed by atoms with van der Waals surface area (Å²) in [5.74, 6) is 0.0744. The van der Waals surface area contributed by atoms with Gasteiger partial charge in [0.2, 0.25) is 0 Å². The van der Waals surface area contributed by atoms with Gasteiger partial charge in [0.15, 0.2) is 9.99 Å². The van der Waals surface area contributed by atoms with E-state index >= 15 is 0 Å². The highest BCUT2D eigenvalue weighted by Gasteiger charge is 2.27. The van der Waals surface area contributed by atoms with E-state index in [0.717, 1.165) is 18.5 Å². The summed E-state index contributed by atoms with van der Waals surface area (Å²) in [7, 11) is 1.79. The maximum Gasteiger partial charge on any atom is 0.279 e. The minimum absolute atomic E-state index is 0.0744. The summed E-state index contributed by atoms with van der Waals surface area (Å²) in [4.78, 5) is 5.13. The van der Waals surface area contributed by atoms with Crippen LogP contribution in [0.1, 0.15) is 44.5 Å². The highest BCUT2D eigenvalue weighted by atomic mass is 35.7. The van der Waals surface area contributed by atoms with Crippen molar-refractivity contribution in [3.63, 3.8) is 0 Å². The van der Waals surface area contributed by atoms with Crippen molar-refractivity contribution in [2.75, 3.05) is 0 Å². The van der Waals surface area contributed by atoms with Gasteiger partial charge in [-0.2, -0.15) is 0 Å². The molecule has 18 heavy (non-hydrogen) atoms. The highest BCUT2D eigenvalue weighted by Crippen LogP contribution is 2.32. The predicted molar refractivity (Wildman–Crippen MR) is 74.2 cm³/mol. The Morgan fingerprint density at radius 3 is 2.67 bits per heavy atom. The summed E-state index contributed by atoms with van der Waals surface area (Å²) in [5, 5.41) is 2.07. The van der Waals surface area contributed by atoms with Gasteiger partial charge in [-0.1, -0.05) is 20.8 Å². The van der Waals surface area contributed by atoms with E-state index in [-0.39, 0.29) is 10.9 Å². The minimum Gasteiger partial charge on any atom is -0.277 e. The first-order valence-corrected chi connectivity index (χ1v) is 9.02. The third-order valence-electron chi connectivity index (χ3n) is 3.09. The highest BCUT2D eigenvalue weighted by molar-refractivity contribution is 8.13. The maximum atomic E-state index is 11.8. The molecule has 0 saturated heterocycles. The van der Waals surface area contributed by atoms with E-state index in [1.54, 1.807) is 4.40 Å². The van der Waals surface area contributed by atoms with Gasteiger partial charge in [-0.3, -0.25) is 4.40 Å². The van der Waals surface area contributed by atoms with Crippen molar-refractivity contribution in [3.05, 3.63) is 16.8 Å². The van der Waals surface area contributed by atoms with Crippen LogP contribution in [-0.2, 0) is 15.5 Å². The van der Waals surface area contributed by atoms with Crippen molar-refractivity contribution in [1.29, 1.82) is 0 Å². The van der Waals surface area contributed by atoms with Crippen LogP contribution in [0.4, 0.5) is 0 Å². The normalized spacial score (nSPS) is 14.2. The number of hydrogen-bond donors (Lipinski definition) is 0. The van der Waals surface area contributed by atoms with E-state index in [2.05, 4.69) is 4.98 Å². The van der Waals surface area contributed by atoms with Gasteiger partial charge in [-0.15, -0.1) is 11.3 Å². The molecule has 0 amide bonds. The standard InChI is InChI=1S/C11H15ClN2O2S2/c1-4-7(3)9-10(18(12,15)16)14-8(5-2)6-17-11(14)13-9/h6-7H,4-5H2,1-3H3. The molecule has 4 nitrogen and oxygen atoms in total. The van der Waals surface area contributed by atoms with E-state index in [0.29, 0.717) is 10.7 Å². The molecule has 0 aliphatic carbocycles. The van der Waals surface area contributed by atoms with Crippen molar-refractivity contribution in [2.24, 2.45) is 0 Å². The first-order valence-electron chi connectivity index (χ1n) is 5.83. The average Bonchev–Trinajstić information content (AvgIpc) is 2.83. The fourth-order valence-electron chi connectivity index (χ4n) is 1.90. The third-order valence-corrected chi connectivity index (χ3v) is 5.26. The van der Waals surface area contributed by atoms with Crippen LogP contribution in [0, 0.1) is 0 Å². The number of fused-ring (bicyclic) bond motifs is 1. The summed E-state index contributed by atoms with van der Waals surface area (Å²) >= 11 is 1.45. The first-order chi connectivity index (χ1) is 8.40. The maximum absolute atomic E-state index is 11.8. The second-order valence-corrected chi connectivity index (χ2v) is 7.57. The number of nitrogens with zero attached hydrogens (tertiary/aromatic N) is 2. The number of thiazole rings is 1. The van der Waals surface area contributed by atoms with Crippen LogP contribution in [0.2, 0.25) is 0 Å². The fraction of sp³-hybridized carbons (Fsp3) is 0.545. The predicted octanol–water partition coefficient (Wildman–Crippen LogP) is 3.40. The van der Waals surface area contributed by atoms with Crippen molar-refractivity contribution in [3.8, 4) is 0 Å². The van der Waals surface area contributed by atoms with Gasteiger partial charge >= 0.3 is 0 Å². The molecule has 0 saturated carbocycles. The van der Waals surface area contributed by atoms with Gasteiger partial charge < -0.3 is 0 Å². The molecule has 7 heteroatoms. The summed E-state index contributed by atoms with van der Waals surface area (Å²) in [6, 6.07) is 0. The third kappa shape index (κ3) is 2.17. The molecule has 0 radical (unpaired) electrons. The van der Waals surface area contributed by atoms with Crippen molar-refractivity contribution in [1.82, 2.24) is 9.38 Å². The molecule has 0 fully saturated rings. The lowest BCUT2D eigenvalue weighted by Crippen LogP contribution is -2.05. The SMILES string of the molecule is CCc1csc2nc(C(C)CC)c(S(=O)(=O)Cl)n12. The quantitative estimate of drug-likeness (QED) is 0.813. The van der Waals surface area contributed by atoms with E-state index in [9.17, 15) is 8.42 Å². The Bertz CT molecular complexity index is 673. The molecule has 0 aliphatic rings. The molecule has 0 aromatic carbocycles. The van der Waals surface area contributed by atoms with E-state index < -0.39 is 9.05 Å². The van der Waals surface area contributed by atoms with Crippen LogP contribution in [-0.4, -0.2) is 17.8 Å². The van der Waals surface area contributed by atoms with Crippen LogP contribution in [0.3, 0.4) is 0 Å². The van der Waals surface area contributed by atoms with Crippen molar-refractivity contribution in [2.45, 2.75) is 44.6 Å². The van der Waals surface area contributed by atoms with Gasteiger partial charge in [0.1, 0.15) is 0 Å². The van der Waals surface area contributed by atoms with Crippen LogP contribution in [0.5, 0.6) is 0 Å². The zero-order valence-electron chi connectivity index (χ0n) is 10.5. The molecular weight excluding hydrogens is 292 g/mol. The van der Waals surface area contributed by atoms with Gasteiger partial charge in [0, 0.05) is 27.7 Å². The summed E-state index contributed by atoms with van der Waals surface area (Å²) in [6.45, 7) is 5.95. The second-order valence-electron chi connectivity index (χ2n) is 4.25.